The van der Waals surface area contributed by atoms with Crippen molar-refractivity contribution in [3.8, 4) is 0 Å². The molecule has 0 aromatic rings. The summed E-state index contributed by atoms with van der Waals surface area (Å²) < 4.78 is 36.5. The van der Waals surface area contributed by atoms with Gasteiger partial charge in [-0.15, -0.1) is 0 Å². The molecule has 15 heavy (non-hydrogen) atoms. The fourth-order valence-electron chi connectivity index (χ4n) is 1.28. The fraction of sp³-hybridized carbons (Fsp3) is 0.889. The number of hydrogen-bond acceptors (Lipinski definition) is 2. The molecular formula is C9H17F3N2S. The van der Waals surface area contributed by atoms with E-state index in [0.717, 1.165) is 0 Å². The normalized spacial score (nSPS) is 14.3. The van der Waals surface area contributed by atoms with Gasteiger partial charge in [0.15, 0.2) is 0 Å². The third-order valence-electron chi connectivity index (χ3n) is 1.96. The summed E-state index contributed by atoms with van der Waals surface area (Å²) in [5.74, 6) is -0.186. The van der Waals surface area contributed by atoms with E-state index < -0.39 is 12.7 Å². The molecule has 2 nitrogen and oxygen atoms in total. The summed E-state index contributed by atoms with van der Waals surface area (Å²) in [6.07, 6.45) is -3.48. The number of nitrogens with zero attached hydrogens (tertiary/aromatic N) is 1. The van der Waals surface area contributed by atoms with E-state index in [9.17, 15) is 13.2 Å². The van der Waals surface area contributed by atoms with Crippen molar-refractivity contribution in [1.82, 2.24) is 4.90 Å². The van der Waals surface area contributed by atoms with Gasteiger partial charge >= 0.3 is 6.18 Å². The van der Waals surface area contributed by atoms with Crippen LogP contribution in [-0.4, -0.2) is 35.7 Å². The highest BCUT2D eigenvalue weighted by atomic mass is 32.1. The predicted molar refractivity (Wildman–Crippen MR) is 58.7 cm³/mol. The molecule has 2 N–H and O–H groups in total. The molecule has 0 saturated carbocycles. The summed E-state index contributed by atoms with van der Waals surface area (Å²) in [6, 6.07) is 0. The van der Waals surface area contributed by atoms with Gasteiger partial charge in [-0.2, -0.15) is 13.2 Å². The number of halogens is 3. The number of rotatable bonds is 6. The van der Waals surface area contributed by atoms with Crippen LogP contribution < -0.4 is 5.73 Å². The van der Waals surface area contributed by atoms with Crippen LogP contribution in [0.2, 0.25) is 0 Å². The van der Waals surface area contributed by atoms with Crippen molar-refractivity contribution in [1.29, 1.82) is 0 Å². The smallest absolute Gasteiger partial charge is 0.393 e. The van der Waals surface area contributed by atoms with Gasteiger partial charge in [-0.25, -0.2) is 0 Å². The molecule has 1 unspecified atom stereocenters. The molecule has 0 amide bonds. The average molecular weight is 242 g/mol. The van der Waals surface area contributed by atoms with Crippen LogP contribution >= 0.6 is 12.2 Å². The first-order valence-electron chi connectivity index (χ1n) is 4.84. The Morgan fingerprint density at radius 1 is 1.47 bits per heavy atom. The van der Waals surface area contributed by atoms with Crippen LogP contribution in [0.1, 0.15) is 20.3 Å². The first kappa shape index (κ1) is 14.6. The second-order valence-corrected chi connectivity index (χ2v) is 4.13. The van der Waals surface area contributed by atoms with E-state index >= 15 is 0 Å². The van der Waals surface area contributed by atoms with E-state index in [4.69, 9.17) is 18.0 Å². The van der Waals surface area contributed by atoms with Gasteiger partial charge in [0.05, 0.1) is 11.5 Å². The molecule has 1 atom stereocenters. The van der Waals surface area contributed by atoms with Gasteiger partial charge in [-0.05, 0) is 13.0 Å². The van der Waals surface area contributed by atoms with Gasteiger partial charge in [-0.1, -0.05) is 26.1 Å². The van der Waals surface area contributed by atoms with Crippen LogP contribution in [0.5, 0.6) is 0 Å². The molecule has 6 heteroatoms. The van der Waals surface area contributed by atoms with Gasteiger partial charge in [-0.3, -0.25) is 4.90 Å². The van der Waals surface area contributed by atoms with Crippen molar-refractivity contribution < 1.29 is 13.2 Å². The van der Waals surface area contributed by atoms with Crippen LogP contribution in [-0.2, 0) is 0 Å². The maximum atomic E-state index is 12.2. The average Bonchev–Trinajstić information content (AvgIpc) is 2.00. The predicted octanol–water partition coefficient (Wildman–Crippen LogP) is 2.18. The summed E-state index contributed by atoms with van der Waals surface area (Å²) in [5.41, 5.74) is 5.37. The zero-order valence-corrected chi connectivity index (χ0v) is 9.79. The van der Waals surface area contributed by atoms with Crippen molar-refractivity contribution in [2.45, 2.75) is 26.4 Å². The lowest BCUT2D eigenvalue weighted by atomic mass is 10.1. The lowest BCUT2D eigenvalue weighted by Gasteiger charge is -2.25. The van der Waals surface area contributed by atoms with Gasteiger partial charge in [0, 0.05) is 12.5 Å². The molecule has 0 aliphatic heterocycles. The molecule has 0 fully saturated rings. The summed E-state index contributed by atoms with van der Waals surface area (Å²) in [5, 5.41) is 0. The standard InChI is InChI=1S/C9H17F3N2S/c1-3-4-14(6-9(10,11)12)5-7(2)8(13)15/h7H,3-6H2,1-2H3,(H2,13,15). The minimum atomic E-state index is -4.16. The molecule has 0 saturated heterocycles. The highest BCUT2D eigenvalue weighted by molar-refractivity contribution is 7.80. The number of nitrogens with two attached hydrogens (primary N) is 1. The van der Waals surface area contributed by atoms with Crippen molar-refractivity contribution in [2.24, 2.45) is 11.7 Å². The molecule has 0 heterocycles. The van der Waals surface area contributed by atoms with E-state index in [0.29, 0.717) is 13.0 Å². The first-order valence-corrected chi connectivity index (χ1v) is 5.25. The largest absolute Gasteiger partial charge is 0.401 e. The Morgan fingerprint density at radius 3 is 2.33 bits per heavy atom. The Kier molecular flexibility index (Phi) is 6.12. The summed E-state index contributed by atoms with van der Waals surface area (Å²) >= 11 is 4.73. The van der Waals surface area contributed by atoms with E-state index in [1.165, 1.54) is 4.90 Å². The van der Waals surface area contributed by atoms with E-state index in [2.05, 4.69) is 0 Å². The minimum Gasteiger partial charge on any atom is -0.393 e. The van der Waals surface area contributed by atoms with Crippen LogP contribution in [0.25, 0.3) is 0 Å². The van der Waals surface area contributed by atoms with Crippen molar-refractivity contribution >= 4 is 17.2 Å². The third-order valence-corrected chi connectivity index (χ3v) is 2.36. The molecule has 0 aromatic carbocycles. The number of alkyl halides is 3. The van der Waals surface area contributed by atoms with Crippen molar-refractivity contribution in [3.63, 3.8) is 0 Å². The monoisotopic (exact) mass is 242 g/mol. The lowest BCUT2D eigenvalue weighted by Crippen LogP contribution is -2.40. The molecular weight excluding hydrogens is 225 g/mol. The van der Waals surface area contributed by atoms with Crippen LogP contribution in [0.15, 0.2) is 0 Å². The Labute approximate surface area is 93.6 Å². The van der Waals surface area contributed by atoms with Crippen molar-refractivity contribution in [3.05, 3.63) is 0 Å². The molecule has 0 aliphatic rings. The molecule has 0 spiro atoms. The second kappa shape index (κ2) is 6.27. The molecule has 90 valence electrons. The second-order valence-electron chi connectivity index (χ2n) is 3.65. The molecule has 0 bridgehead atoms. The van der Waals surface area contributed by atoms with E-state index in [-0.39, 0.29) is 17.5 Å². The number of thiocarbonyl (C=S) groups is 1. The van der Waals surface area contributed by atoms with Gasteiger partial charge in [0.2, 0.25) is 0 Å². The summed E-state index contributed by atoms with van der Waals surface area (Å²) in [7, 11) is 0. The van der Waals surface area contributed by atoms with Crippen LogP contribution in [0.3, 0.4) is 0 Å². The van der Waals surface area contributed by atoms with Crippen LogP contribution in [0, 0.1) is 5.92 Å². The van der Waals surface area contributed by atoms with Gasteiger partial charge < -0.3 is 5.73 Å². The highest BCUT2D eigenvalue weighted by Crippen LogP contribution is 2.17. The zero-order chi connectivity index (χ0) is 12.1. The Hall–Kier alpha value is -0.360. The van der Waals surface area contributed by atoms with E-state index in [1.54, 1.807) is 6.92 Å². The molecule has 0 radical (unpaired) electrons. The van der Waals surface area contributed by atoms with E-state index in [1.807, 2.05) is 6.92 Å². The molecule has 0 aliphatic carbocycles. The van der Waals surface area contributed by atoms with Crippen molar-refractivity contribution in [2.75, 3.05) is 19.6 Å². The SMILES string of the molecule is CCCN(CC(C)C(N)=S)CC(F)(F)F. The fourth-order valence-corrected chi connectivity index (χ4v) is 1.36. The van der Waals surface area contributed by atoms with Gasteiger partial charge in [0.25, 0.3) is 0 Å². The maximum Gasteiger partial charge on any atom is 0.401 e. The van der Waals surface area contributed by atoms with Crippen LogP contribution in [0.4, 0.5) is 13.2 Å². The molecule has 0 rings (SSSR count). The Balaban J connectivity index is 4.21. The zero-order valence-electron chi connectivity index (χ0n) is 8.97. The lowest BCUT2D eigenvalue weighted by molar-refractivity contribution is -0.146. The minimum absolute atomic E-state index is 0.186. The summed E-state index contributed by atoms with van der Waals surface area (Å²) in [4.78, 5) is 1.60. The maximum absolute atomic E-state index is 12.2. The summed E-state index contributed by atoms with van der Waals surface area (Å²) in [6.45, 7) is 3.36. The Morgan fingerprint density at radius 2 is 2.00 bits per heavy atom. The molecule has 0 aromatic heterocycles. The topological polar surface area (TPSA) is 29.3 Å². The van der Waals surface area contributed by atoms with Gasteiger partial charge in [0.1, 0.15) is 0 Å². The number of hydrogen-bond donors (Lipinski definition) is 1. The Bertz CT molecular complexity index is 206. The highest BCUT2D eigenvalue weighted by Gasteiger charge is 2.30. The quantitative estimate of drug-likeness (QED) is 0.724. The third kappa shape index (κ3) is 7.56. The first-order chi connectivity index (χ1) is 6.76.